The molecule has 0 aliphatic carbocycles. The molecule has 108 valence electrons. The van der Waals surface area contributed by atoms with Gasteiger partial charge >= 0.3 is 5.97 Å². The first kappa shape index (κ1) is 15.0. The number of rotatable bonds is 5. The van der Waals surface area contributed by atoms with E-state index in [1.807, 2.05) is 30.3 Å². The number of hydrogen-bond donors (Lipinski definition) is 0. The fourth-order valence-electron chi connectivity index (χ4n) is 2.18. The molecule has 0 aliphatic heterocycles. The van der Waals surface area contributed by atoms with E-state index in [4.69, 9.17) is 4.74 Å². The lowest BCUT2D eigenvalue weighted by Gasteiger charge is -2.07. The Kier molecular flexibility index (Phi) is 4.88. The molecule has 2 rings (SSSR count). The molecule has 0 aromatic heterocycles. The average Bonchev–Trinajstić information content (AvgIpc) is 2.54. The monoisotopic (exact) mass is 282 g/mol. The van der Waals surface area contributed by atoms with Gasteiger partial charge in [-0.1, -0.05) is 49.4 Å². The maximum Gasteiger partial charge on any atom is 0.338 e. The molecule has 0 aliphatic rings. The molecule has 2 aromatic rings. The summed E-state index contributed by atoms with van der Waals surface area (Å²) in [7, 11) is 1.34. The van der Waals surface area contributed by atoms with E-state index in [0.29, 0.717) is 16.7 Å². The van der Waals surface area contributed by atoms with E-state index in [1.165, 1.54) is 12.7 Å². The van der Waals surface area contributed by atoms with Crippen LogP contribution in [0.25, 0.3) is 0 Å². The molecule has 3 heteroatoms. The predicted molar refractivity (Wildman–Crippen MR) is 81.6 cm³/mol. The number of esters is 1. The summed E-state index contributed by atoms with van der Waals surface area (Å²) < 4.78 is 4.74. The van der Waals surface area contributed by atoms with Gasteiger partial charge in [0.15, 0.2) is 5.78 Å². The highest BCUT2D eigenvalue weighted by molar-refractivity contribution is 6.00. The number of aryl methyl sites for hydroxylation is 1. The molecule has 0 bridgehead atoms. The van der Waals surface area contributed by atoms with Gasteiger partial charge in [-0.3, -0.25) is 4.79 Å². The molecule has 2 aromatic carbocycles. The molecule has 21 heavy (non-hydrogen) atoms. The molecule has 0 saturated heterocycles. The van der Waals surface area contributed by atoms with Crippen LogP contribution in [-0.4, -0.2) is 18.9 Å². The van der Waals surface area contributed by atoms with Crippen LogP contribution in [0, 0.1) is 0 Å². The number of methoxy groups -OCH3 is 1. The predicted octanol–water partition coefficient (Wildman–Crippen LogP) is 3.46. The molecule has 0 unspecified atom stereocenters. The number of ketones is 1. The molecular weight excluding hydrogens is 264 g/mol. The minimum absolute atomic E-state index is 0.00555. The van der Waals surface area contributed by atoms with Gasteiger partial charge in [-0.15, -0.1) is 0 Å². The van der Waals surface area contributed by atoms with Gasteiger partial charge in [0.1, 0.15) is 0 Å². The molecule has 3 nitrogen and oxygen atoms in total. The Morgan fingerprint density at radius 1 is 1.00 bits per heavy atom. The lowest BCUT2D eigenvalue weighted by atomic mass is 9.98. The van der Waals surface area contributed by atoms with E-state index >= 15 is 0 Å². The van der Waals surface area contributed by atoms with Gasteiger partial charge in [-0.25, -0.2) is 4.79 Å². The standard InChI is InChI=1S/C18H18O3/c1-3-13-8-10-14(11-9-13)17(19)12-15-6-4-5-7-16(15)18(20)21-2/h4-11H,3,12H2,1-2H3. The van der Waals surface area contributed by atoms with Crippen LogP contribution in [0.3, 0.4) is 0 Å². The van der Waals surface area contributed by atoms with Crippen molar-refractivity contribution in [1.29, 1.82) is 0 Å². The molecule has 0 amide bonds. The van der Waals surface area contributed by atoms with Gasteiger partial charge < -0.3 is 4.74 Å². The summed E-state index contributed by atoms with van der Waals surface area (Å²) in [5.74, 6) is -0.422. The zero-order chi connectivity index (χ0) is 15.2. The van der Waals surface area contributed by atoms with Crippen molar-refractivity contribution in [3.8, 4) is 0 Å². The van der Waals surface area contributed by atoms with Gasteiger partial charge in [0.2, 0.25) is 0 Å². The van der Waals surface area contributed by atoms with Crippen molar-refractivity contribution in [3.63, 3.8) is 0 Å². The summed E-state index contributed by atoms with van der Waals surface area (Å²) in [6, 6.07) is 14.6. The van der Waals surface area contributed by atoms with Crippen LogP contribution in [0.1, 0.15) is 38.8 Å². The zero-order valence-corrected chi connectivity index (χ0v) is 12.3. The number of benzene rings is 2. The summed E-state index contributed by atoms with van der Waals surface area (Å²) in [6.07, 6.45) is 1.14. The highest BCUT2D eigenvalue weighted by Gasteiger charge is 2.14. The average molecular weight is 282 g/mol. The van der Waals surface area contributed by atoms with Gasteiger partial charge in [0, 0.05) is 12.0 Å². The van der Waals surface area contributed by atoms with Crippen molar-refractivity contribution < 1.29 is 14.3 Å². The first-order valence-corrected chi connectivity index (χ1v) is 6.94. The zero-order valence-electron chi connectivity index (χ0n) is 12.3. The van der Waals surface area contributed by atoms with E-state index in [-0.39, 0.29) is 12.2 Å². The SMILES string of the molecule is CCc1ccc(C(=O)Cc2ccccc2C(=O)OC)cc1. The lowest BCUT2D eigenvalue weighted by molar-refractivity contribution is 0.0599. The maximum absolute atomic E-state index is 12.3. The smallest absolute Gasteiger partial charge is 0.338 e. The third kappa shape index (κ3) is 3.57. The Labute approximate surface area is 124 Å². The number of carbonyl (C=O) groups excluding carboxylic acids is 2. The van der Waals surface area contributed by atoms with Crippen LogP contribution in [-0.2, 0) is 17.6 Å². The van der Waals surface area contributed by atoms with Crippen LogP contribution in [0.2, 0.25) is 0 Å². The molecule has 0 atom stereocenters. The second-order valence-electron chi connectivity index (χ2n) is 4.80. The van der Waals surface area contributed by atoms with Crippen LogP contribution >= 0.6 is 0 Å². The number of Topliss-reactive ketones (excluding diaryl/α,β-unsaturated/α-hetero) is 1. The Balaban J connectivity index is 2.21. The fraction of sp³-hybridized carbons (Fsp3) is 0.222. The molecule has 0 fully saturated rings. The highest BCUT2D eigenvalue weighted by atomic mass is 16.5. The van der Waals surface area contributed by atoms with E-state index in [0.717, 1.165) is 6.42 Å². The topological polar surface area (TPSA) is 43.4 Å². The van der Waals surface area contributed by atoms with Crippen LogP contribution in [0.15, 0.2) is 48.5 Å². The first-order valence-electron chi connectivity index (χ1n) is 6.94. The van der Waals surface area contributed by atoms with Gasteiger partial charge in [-0.2, -0.15) is 0 Å². The van der Waals surface area contributed by atoms with Crippen LogP contribution in [0.5, 0.6) is 0 Å². The summed E-state index contributed by atoms with van der Waals surface area (Å²) in [5, 5.41) is 0. The summed E-state index contributed by atoms with van der Waals surface area (Å²) in [5.41, 5.74) is 2.99. The second kappa shape index (κ2) is 6.84. The van der Waals surface area contributed by atoms with Crippen molar-refractivity contribution in [2.24, 2.45) is 0 Å². The van der Waals surface area contributed by atoms with Gasteiger partial charge in [-0.05, 0) is 23.6 Å². The molecule has 0 spiro atoms. The summed E-state index contributed by atoms with van der Waals surface area (Å²) in [4.78, 5) is 24.0. The largest absolute Gasteiger partial charge is 0.465 e. The van der Waals surface area contributed by atoms with Crippen LogP contribution < -0.4 is 0 Å². The third-order valence-corrected chi connectivity index (χ3v) is 3.46. The van der Waals surface area contributed by atoms with Gasteiger partial charge in [0.05, 0.1) is 12.7 Å². The number of hydrogen-bond acceptors (Lipinski definition) is 3. The minimum atomic E-state index is -0.417. The molecule has 0 N–H and O–H groups in total. The van der Waals surface area contributed by atoms with Gasteiger partial charge in [0.25, 0.3) is 0 Å². The van der Waals surface area contributed by atoms with Crippen molar-refractivity contribution in [2.75, 3.05) is 7.11 Å². The summed E-state index contributed by atoms with van der Waals surface area (Å²) >= 11 is 0. The molecular formula is C18H18O3. The molecule has 0 saturated carbocycles. The van der Waals surface area contributed by atoms with Crippen molar-refractivity contribution in [3.05, 3.63) is 70.8 Å². The number of carbonyl (C=O) groups is 2. The normalized spacial score (nSPS) is 10.2. The van der Waals surface area contributed by atoms with E-state index in [1.54, 1.807) is 18.2 Å². The van der Waals surface area contributed by atoms with Crippen molar-refractivity contribution >= 4 is 11.8 Å². The quantitative estimate of drug-likeness (QED) is 0.623. The third-order valence-electron chi connectivity index (χ3n) is 3.46. The lowest BCUT2D eigenvalue weighted by Crippen LogP contribution is -2.10. The Hall–Kier alpha value is -2.42. The number of ether oxygens (including phenoxy) is 1. The summed E-state index contributed by atoms with van der Waals surface area (Å²) in [6.45, 7) is 2.07. The Bertz CT molecular complexity index is 642. The molecule has 0 radical (unpaired) electrons. The fourth-order valence-corrected chi connectivity index (χ4v) is 2.18. The van der Waals surface area contributed by atoms with Crippen LogP contribution in [0.4, 0.5) is 0 Å². The minimum Gasteiger partial charge on any atom is -0.465 e. The van der Waals surface area contributed by atoms with Crippen molar-refractivity contribution in [2.45, 2.75) is 19.8 Å². The van der Waals surface area contributed by atoms with E-state index in [9.17, 15) is 9.59 Å². The maximum atomic E-state index is 12.3. The van der Waals surface area contributed by atoms with Crippen molar-refractivity contribution in [1.82, 2.24) is 0 Å². The second-order valence-corrected chi connectivity index (χ2v) is 4.80. The molecule has 0 heterocycles. The highest BCUT2D eigenvalue weighted by Crippen LogP contribution is 2.14. The van der Waals surface area contributed by atoms with E-state index < -0.39 is 5.97 Å². The Morgan fingerprint density at radius 3 is 2.29 bits per heavy atom. The first-order chi connectivity index (χ1) is 10.2. The van der Waals surface area contributed by atoms with E-state index in [2.05, 4.69) is 6.92 Å². The Morgan fingerprint density at radius 2 is 1.67 bits per heavy atom.